The molecule has 6 nitrogen and oxygen atoms in total. The number of hydrogen-bond donors (Lipinski definition) is 2. The van der Waals surface area contributed by atoms with Crippen molar-refractivity contribution in [2.24, 2.45) is 11.8 Å². The lowest BCUT2D eigenvalue weighted by Gasteiger charge is -2.20. The maximum Gasteiger partial charge on any atom is 0.317 e. The first-order chi connectivity index (χ1) is 8.45. The van der Waals surface area contributed by atoms with Crippen LogP contribution in [0.2, 0.25) is 0 Å². The van der Waals surface area contributed by atoms with Gasteiger partial charge in [-0.3, -0.25) is 4.79 Å². The zero-order valence-corrected chi connectivity index (χ0v) is 11.2. The summed E-state index contributed by atoms with van der Waals surface area (Å²) in [5.74, 6) is -1.30. The molecular formula is C12H22N2O4. The smallest absolute Gasteiger partial charge is 0.317 e. The molecule has 1 aliphatic rings. The van der Waals surface area contributed by atoms with Crippen molar-refractivity contribution in [1.82, 2.24) is 10.2 Å². The fourth-order valence-electron chi connectivity index (χ4n) is 2.09. The Labute approximate surface area is 107 Å². The van der Waals surface area contributed by atoms with E-state index < -0.39 is 11.9 Å². The van der Waals surface area contributed by atoms with Crippen LogP contribution >= 0.6 is 0 Å². The summed E-state index contributed by atoms with van der Waals surface area (Å²) in [6.07, 6.45) is 0. The van der Waals surface area contributed by atoms with Crippen molar-refractivity contribution in [3.05, 3.63) is 0 Å². The Kier molecular flexibility index (Phi) is 5.40. The Hall–Kier alpha value is -1.30. The molecule has 3 atom stereocenters. The average Bonchev–Trinajstić information content (AvgIpc) is 2.68. The van der Waals surface area contributed by atoms with Crippen LogP contribution < -0.4 is 5.32 Å². The van der Waals surface area contributed by atoms with Crippen LogP contribution in [-0.2, 0) is 9.53 Å². The summed E-state index contributed by atoms with van der Waals surface area (Å²) < 4.78 is 5.21. The van der Waals surface area contributed by atoms with Crippen LogP contribution in [0.25, 0.3) is 0 Å². The van der Waals surface area contributed by atoms with E-state index in [1.165, 1.54) is 0 Å². The summed E-state index contributed by atoms with van der Waals surface area (Å²) >= 11 is 0. The molecule has 0 saturated carbocycles. The number of hydrogen-bond acceptors (Lipinski definition) is 3. The molecule has 1 heterocycles. The van der Waals surface area contributed by atoms with Crippen molar-refractivity contribution < 1.29 is 19.4 Å². The van der Waals surface area contributed by atoms with Crippen LogP contribution in [0, 0.1) is 11.8 Å². The third-order valence-corrected chi connectivity index (χ3v) is 3.16. The first-order valence-corrected chi connectivity index (χ1v) is 6.31. The van der Waals surface area contributed by atoms with Gasteiger partial charge in [0.2, 0.25) is 0 Å². The van der Waals surface area contributed by atoms with Gasteiger partial charge in [-0.15, -0.1) is 0 Å². The number of aliphatic carboxylic acids is 1. The van der Waals surface area contributed by atoms with Crippen LogP contribution in [0.15, 0.2) is 0 Å². The van der Waals surface area contributed by atoms with Gasteiger partial charge >= 0.3 is 12.0 Å². The summed E-state index contributed by atoms with van der Waals surface area (Å²) in [7, 11) is 0. The van der Waals surface area contributed by atoms with Crippen molar-refractivity contribution in [3.63, 3.8) is 0 Å². The molecule has 0 bridgehead atoms. The maximum atomic E-state index is 11.9. The Bertz CT molecular complexity index is 308. The van der Waals surface area contributed by atoms with E-state index >= 15 is 0 Å². The standard InChI is InChI=1S/C12H22N2O4/c1-4-18-7-9(3)13-12(17)14-5-8(2)10(6-14)11(15)16/h8-10H,4-7H2,1-3H3,(H,13,17)(H,15,16). The van der Waals surface area contributed by atoms with Gasteiger partial charge < -0.3 is 20.1 Å². The summed E-state index contributed by atoms with van der Waals surface area (Å²) in [5.41, 5.74) is 0. The van der Waals surface area contributed by atoms with E-state index in [0.29, 0.717) is 19.8 Å². The summed E-state index contributed by atoms with van der Waals surface area (Å²) in [4.78, 5) is 24.4. The van der Waals surface area contributed by atoms with E-state index in [4.69, 9.17) is 9.84 Å². The highest BCUT2D eigenvalue weighted by Gasteiger charge is 2.37. The van der Waals surface area contributed by atoms with Crippen molar-refractivity contribution in [3.8, 4) is 0 Å². The molecule has 18 heavy (non-hydrogen) atoms. The molecule has 1 aliphatic heterocycles. The van der Waals surface area contributed by atoms with Gasteiger partial charge in [0.25, 0.3) is 0 Å². The fraction of sp³-hybridized carbons (Fsp3) is 0.833. The third kappa shape index (κ3) is 3.87. The third-order valence-electron chi connectivity index (χ3n) is 3.16. The van der Waals surface area contributed by atoms with Crippen molar-refractivity contribution in [1.29, 1.82) is 0 Å². The van der Waals surface area contributed by atoms with Gasteiger partial charge in [0.15, 0.2) is 0 Å². The van der Waals surface area contributed by atoms with Gasteiger partial charge in [0, 0.05) is 19.7 Å². The molecule has 0 radical (unpaired) electrons. The second-order valence-electron chi connectivity index (χ2n) is 4.84. The molecule has 6 heteroatoms. The van der Waals surface area contributed by atoms with E-state index in [0.717, 1.165) is 0 Å². The quantitative estimate of drug-likeness (QED) is 0.763. The lowest BCUT2D eigenvalue weighted by molar-refractivity contribution is -0.142. The number of nitrogens with zero attached hydrogens (tertiary/aromatic N) is 1. The van der Waals surface area contributed by atoms with E-state index in [-0.39, 0.29) is 24.5 Å². The molecule has 1 fully saturated rings. The van der Waals surface area contributed by atoms with Gasteiger partial charge in [-0.05, 0) is 19.8 Å². The van der Waals surface area contributed by atoms with Crippen molar-refractivity contribution in [2.75, 3.05) is 26.3 Å². The highest BCUT2D eigenvalue weighted by atomic mass is 16.5. The second kappa shape index (κ2) is 6.58. The molecule has 0 aliphatic carbocycles. The summed E-state index contributed by atoms with van der Waals surface area (Å²) in [6, 6.07) is -0.283. The predicted octanol–water partition coefficient (Wildman–Crippen LogP) is 0.773. The number of ether oxygens (including phenoxy) is 1. The number of carboxylic acid groups (broad SMARTS) is 1. The highest BCUT2D eigenvalue weighted by Crippen LogP contribution is 2.22. The van der Waals surface area contributed by atoms with Gasteiger partial charge in [0.1, 0.15) is 0 Å². The number of rotatable bonds is 5. The first kappa shape index (κ1) is 14.8. The minimum atomic E-state index is -0.833. The lowest BCUT2D eigenvalue weighted by atomic mass is 9.99. The number of amides is 2. The van der Waals surface area contributed by atoms with E-state index in [1.807, 2.05) is 20.8 Å². The van der Waals surface area contributed by atoms with E-state index in [9.17, 15) is 9.59 Å². The van der Waals surface area contributed by atoms with Crippen molar-refractivity contribution in [2.45, 2.75) is 26.8 Å². The molecule has 1 rings (SSSR count). The van der Waals surface area contributed by atoms with Gasteiger partial charge in [-0.2, -0.15) is 0 Å². The Balaban J connectivity index is 2.42. The molecule has 0 aromatic rings. The largest absolute Gasteiger partial charge is 0.481 e. The Morgan fingerprint density at radius 1 is 1.50 bits per heavy atom. The number of likely N-dealkylation sites (tertiary alicyclic amines) is 1. The van der Waals surface area contributed by atoms with E-state index in [1.54, 1.807) is 4.90 Å². The maximum absolute atomic E-state index is 11.9. The van der Waals surface area contributed by atoms with Gasteiger partial charge in [0.05, 0.1) is 18.6 Å². The fourth-order valence-corrected chi connectivity index (χ4v) is 2.09. The predicted molar refractivity (Wildman–Crippen MR) is 66.3 cm³/mol. The summed E-state index contributed by atoms with van der Waals surface area (Å²) in [5, 5.41) is 11.8. The number of nitrogens with one attached hydrogen (secondary N) is 1. The molecule has 2 amide bonds. The zero-order chi connectivity index (χ0) is 13.7. The minimum Gasteiger partial charge on any atom is -0.481 e. The average molecular weight is 258 g/mol. The molecular weight excluding hydrogens is 236 g/mol. The molecule has 2 N–H and O–H groups in total. The molecule has 3 unspecified atom stereocenters. The first-order valence-electron chi connectivity index (χ1n) is 6.31. The van der Waals surface area contributed by atoms with Crippen LogP contribution in [0.1, 0.15) is 20.8 Å². The van der Waals surface area contributed by atoms with Gasteiger partial charge in [-0.25, -0.2) is 4.79 Å². The molecule has 1 saturated heterocycles. The Morgan fingerprint density at radius 3 is 2.67 bits per heavy atom. The minimum absolute atomic E-state index is 0.00421. The van der Waals surface area contributed by atoms with Gasteiger partial charge in [-0.1, -0.05) is 6.92 Å². The lowest BCUT2D eigenvalue weighted by Crippen LogP contribution is -2.44. The highest BCUT2D eigenvalue weighted by molar-refractivity contribution is 5.77. The normalized spacial score (nSPS) is 24.9. The van der Waals surface area contributed by atoms with Crippen LogP contribution in [0.3, 0.4) is 0 Å². The van der Waals surface area contributed by atoms with Crippen LogP contribution in [-0.4, -0.2) is 54.4 Å². The molecule has 0 aromatic heterocycles. The number of carbonyl (C=O) groups excluding carboxylic acids is 1. The second-order valence-corrected chi connectivity index (χ2v) is 4.84. The summed E-state index contributed by atoms with van der Waals surface area (Å²) in [6.45, 7) is 7.47. The number of carbonyl (C=O) groups is 2. The molecule has 104 valence electrons. The number of carboxylic acids is 1. The van der Waals surface area contributed by atoms with Crippen molar-refractivity contribution >= 4 is 12.0 Å². The number of urea groups is 1. The SMILES string of the molecule is CCOCC(C)NC(=O)N1CC(C)C(C(=O)O)C1. The van der Waals surface area contributed by atoms with Crippen LogP contribution in [0.4, 0.5) is 4.79 Å². The molecule has 0 aromatic carbocycles. The topological polar surface area (TPSA) is 78.9 Å². The monoisotopic (exact) mass is 258 g/mol. The Morgan fingerprint density at radius 2 is 2.17 bits per heavy atom. The van der Waals surface area contributed by atoms with Crippen LogP contribution in [0.5, 0.6) is 0 Å². The molecule has 0 spiro atoms. The van der Waals surface area contributed by atoms with E-state index in [2.05, 4.69) is 5.32 Å². The zero-order valence-electron chi connectivity index (χ0n) is 11.2.